The first-order valence-corrected chi connectivity index (χ1v) is 8.82. The maximum Gasteiger partial charge on any atom is 0.0821 e. The zero-order chi connectivity index (χ0) is 14.2. The van der Waals surface area contributed by atoms with Crippen LogP contribution >= 0.6 is 23.1 Å². The van der Waals surface area contributed by atoms with E-state index in [1.807, 2.05) is 17.4 Å². The van der Waals surface area contributed by atoms with Crippen LogP contribution in [-0.2, 0) is 0 Å². The van der Waals surface area contributed by atoms with E-state index in [0.29, 0.717) is 0 Å². The van der Waals surface area contributed by atoms with Crippen molar-refractivity contribution in [1.29, 1.82) is 0 Å². The molecule has 1 nitrogen and oxygen atoms in total. The highest BCUT2D eigenvalue weighted by atomic mass is 32.2. The van der Waals surface area contributed by atoms with Crippen LogP contribution in [0.5, 0.6) is 0 Å². The molecule has 4 rings (SSSR count). The average Bonchev–Trinajstić information content (AvgIpc) is 2.93. The molecular formula is C18H13NS2. The number of thiophene rings is 1. The molecule has 0 fully saturated rings. The van der Waals surface area contributed by atoms with Crippen LogP contribution in [-0.4, -0.2) is 11.2 Å². The molecule has 0 bridgehead atoms. The smallest absolute Gasteiger partial charge is 0.0821 e. The molecule has 0 aliphatic carbocycles. The van der Waals surface area contributed by atoms with Gasteiger partial charge in [-0.3, -0.25) is 0 Å². The highest BCUT2D eigenvalue weighted by Crippen LogP contribution is 2.42. The second kappa shape index (κ2) is 5.17. The monoisotopic (exact) mass is 307 g/mol. The molecule has 2 heterocycles. The molecule has 0 amide bonds. The maximum absolute atomic E-state index is 4.85. The molecule has 0 N–H and O–H groups in total. The van der Waals surface area contributed by atoms with Gasteiger partial charge in [-0.25, -0.2) is 4.98 Å². The van der Waals surface area contributed by atoms with Crippen LogP contribution < -0.4 is 0 Å². The summed E-state index contributed by atoms with van der Waals surface area (Å²) in [7, 11) is 0. The van der Waals surface area contributed by atoms with Crippen molar-refractivity contribution in [2.75, 3.05) is 6.26 Å². The van der Waals surface area contributed by atoms with Gasteiger partial charge in [-0.2, -0.15) is 0 Å². The van der Waals surface area contributed by atoms with Gasteiger partial charge in [0.05, 0.1) is 16.1 Å². The molecule has 4 aromatic rings. The Morgan fingerprint density at radius 3 is 2.62 bits per heavy atom. The Kier molecular flexibility index (Phi) is 3.17. The van der Waals surface area contributed by atoms with Crippen molar-refractivity contribution >= 4 is 44.1 Å². The van der Waals surface area contributed by atoms with Crippen molar-refractivity contribution in [3.63, 3.8) is 0 Å². The van der Waals surface area contributed by atoms with E-state index in [1.54, 1.807) is 11.8 Å². The van der Waals surface area contributed by atoms with E-state index >= 15 is 0 Å². The molecule has 21 heavy (non-hydrogen) atoms. The first-order chi connectivity index (χ1) is 10.4. The van der Waals surface area contributed by atoms with E-state index in [2.05, 4.69) is 60.9 Å². The lowest BCUT2D eigenvalue weighted by Crippen LogP contribution is -1.83. The zero-order valence-corrected chi connectivity index (χ0v) is 13.2. The van der Waals surface area contributed by atoms with Crippen molar-refractivity contribution in [3.8, 4) is 10.6 Å². The topological polar surface area (TPSA) is 12.9 Å². The molecule has 2 aromatic carbocycles. The van der Waals surface area contributed by atoms with Gasteiger partial charge in [-0.15, -0.1) is 23.1 Å². The molecule has 0 spiro atoms. The van der Waals surface area contributed by atoms with Crippen molar-refractivity contribution in [3.05, 3.63) is 60.7 Å². The minimum absolute atomic E-state index is 1.06. The number of para-hydroxylation sites is 1. The third-order valence-electron chi connectivity index (χ3n) is 3.59. The van der Waals surface area contributed by atoms with E-state index in [-0.39, 0.29) is 0 Å². The standard InChI is InChI=1S/C18H13NS2/c1-20-17-13-7-3-5-9-16(13)21-18(17)15-11-10-12-6-2-4-8-14(12)19-15/h2-11H,1H3. The van der Waals surface area contributed by atoms with Crippen LogP contribution in [0.25, 0.3) is 31.6 Å². The first-order valence-electron chi connectivity index (χ1n) is 6.78. The summed E-state index contributed by atoms with van der Waals surface area (Å²) in [5, 5.41) is 2.52. The molecule has 3 heteroatoms. The van der Waals surface area contributed by atoms with Crippen molar-refractivity contribution in [2.24, 2.45) is 0 Å². The minimum Gasteiger partial charge on any atom is -0.247 e. The van der Waals surface area contributed by atoms with Crippen molar-refractivity contribution in [2.45, 2.75) is 4.90 Å². The molecule has 0 unspecified atom stereocenters. The lowest BCUT2D eigenvalue weighted by molar-refractivity contribution is 1.40. The fourth-order valence-corrected chi connectivity index (χ4v) is 4.78. The first kappa shape index (κ1) is 12.9. The molecular weight excluding hydrogens is 294 g/mol. The minimum atomic E-state index is 1.06. The summed E-state index contributed by atoms with van der Waals surface area (Å²) in [4.78, 5) is 7.45. The third-order valence-corrected chi connectivity index (χ3v) is 5.74. The number of thioether (sulfide) groups is 1. The van der Waals surface area contributed by atoms with E-state index in [0.717, 1.165) is 11.2 Å². The van der Waals surface area contributed by atoms with Crippen LogP contribution in [0, 0.1) is 0 Å². The number of hydrogen-bond donors (Lipinski definition) is 0. The summed E-state index contributed by atoms with van der Waals surface area (Å²) >= 11 is 3.63. The Hall–Kier alpha value is -1.84. The Morgan fingerprint density at radius 1 is 0.905 bits per heavy atom. The van der Waals surface area contributed by atoms with Crippen LogP contribution in [0.4, 0.5) is 0 Å². The molecule has 0 radical (unpaired) electrons. The van der Waals surface area contributed by atoms with E-state index in [1.165, 1.54) is 25.2 Å². The number of hydrogen-bond acceptors (Lipinski definition) is 3. The summed E-state index contributed by atoms with van der Waals surface area (Å²) in [5.74, 6) is 0. The van der Waals surface area contributed by atoms with Gasteiger partial charge in [-0.1, -0.05) is 42.5 Å². The van der Waals surface area contributed by atoms with Crippen molar-refractivity contribution in [1.82, 2.24) is 4.98 Å². The number of aromatic nitrogens is 1. The van der Waals surface area contributed by atoms with Crippen LogP contribution in [0.3, 0.4) is 0 Å². The number of fused-ring (bicyclic) bond motifs is 2. The average molecular weight is 307 g/mol. The van der Waals surface area contributed by atoms with Crippen LogP contribution in [0.1, 0.15) is 0 Å². The highest BCUT2D eigenvalue weighted by Gasteiger charge is 2.14. The lowest BCUT2D eigenvalue weighted by atomic mass is 10.2. The summed E-state index contributed by atoms with van der Waals surface area (Å²) in [6, 6.07) is 21.1. The van der Waals surface area contributed by atoms with E-state index in [4.69, 9.17) is 4.98 Å². The lowest BCUT2D eigenvalue weighted by Gasteiger charge is -2.03. The van der Waals surface area contributed by atoms with Crippen molar-refractivity contribution < 1.29 is 0 Å². The zero-order valence-electron chi connectivity index (χ0n) is 11.5. The summed E-state index contributed by atoms with van der Waals surface area (Å²) in [5.41, 5.74) is 2.12. The highest BCUT2D eigenvalue weighted by molar-refractivity contribution is 7.99. The van der Waals surface area contributed by atoms with Gasteiger partial charge in [0.25, 0.3) is 0 Å². The fraction of sp³-hybridized carbons (Fsp3) is 0.0556. The largest absolute Gasteiger partial charge is 0.247 e. The quantitative estimate of drug-likeness (QED) is 0.432. The Labute approximate surface area is 131 Å². The normalized spacial score (nSPS) is 11.3. The molecule has 2 aromatic heterocycles. The Bertz CT molecular complexity index is 940. The van der Waals surface area contributed by atoms with Crippen LogP contribution in [0.15, 0.2) is 65.6 Å². The molecule has 0 atom stereocenters. The van der Waals surface area contributed by atoms with Gasteiger partial charge in [0.15, 0.2) is 0 Å². The van der Waals surface area contributed by atoms with Gasteiger partial charge in [0.1, 0.15) is 0 Å². The number of rotatable bonds is 2. The fourth-order valence-electron chi connectivity index (χ4n) is 2.59. The van der Waals surface area contributed by atoms with Gasteiger partial charge in [-0.05, 0) is 24.5 Å². The van der Waals surface area contributed by atoms with Gasteiger partial charge in [0.2, 0.25) is 0 Å². The van der Waals surface area contributed by atoms with Gasteiger partial charge >= 0.3 is 0 Å². The third kappa shape index (κ3) is 2.13. The van der Waals surface area contributed by atoms with Crippen LogP contribution in [0.2, 0.25) is 0 Å². The molecule has 0 aliphatic rings. The molecule has 0 aliphatic heterocycles. The summed E-state index contributed by atoms with van der Waals surface area (Å²) in [6.45, 7) is 0. The van der Waals surface area contributed by atoms with E-state index < -0.39 is 0 Å². The van der Waals surface area contributed by atoms with Gasteiger partial charge in [0, 0.05) is 20.4 Å². The second-order valence-corrected chi connectivity index (χ2v) is 6.72. The predicted molar refractivity (Wildman–Crippen MR) is 94.3 cm³/mol. The SMILES string of the molecule is CSc1c(-c2ccc3ccccc3n2)sc2ccccc12. The summed E-state index contributed by atoms with van der Waals surface area (Å²) < 4.78 is 1.33. The number of nitrogens with zero attached hydrogens (tertiary/aromatic N) is 1. The number of pyridine rings is 1. The maximum atomic E-state index is 4.85. The predicted octanol–water partition coefficient (Wildman–Crippen LogP) is 5.84. The Morgan fingerprint density at radius 2 is 1.71 bits per heavy atom. The molecule has 102 valence electrons. The summed E-state index contributed by atoms with van der Waals surface area (Å²) in [6.07, 6.45) is 2.14. The molecule has 0 saturated carbocycles. The number of benzene rings is 2. The van der Waals surface area contributed by atoms with Gasteiger partial charge < -0.3 is 0 Å². The Balaban J connectivity index is 1.99. The second-order valence-electron chi connectivity index (χ2n) is 4.85. The molecule has 0 saturated heterocycles. The van der Waals surface area contributed by atoms with E-state index in [9.17, 15) is 0 Å².